The fourth-order valence-electron chi connectivity index (χ4n) is 3.31. The molecule has 0 aliphatic carbocycles. The number of rotatable bonds is 6. The van der Waals surface area contributed by atoms with Gasteiger partial charge in [-0.2, -0.15) is 0 Å². The number of methoxy groups -OCH3 is 1. The molecule has 2 aromatic rings. The Morgan fingerprint density at radius 2 is 1.69 bits per heavy atom. The smallest absolute Gasteiger partial charge is 0.315 e. The Balaban J connectivity index is 1.58. The molecule has 3 amide bonds. The summed E-state index contributed by atoms with van der Waals surface area (Å²) in [6.07, 6.45) is 3.54. The molecule has 0 saturated carbocycles. The average Bonchev–Trinajstić information content (AvgIpc) is 2.80. The standard InChI is InChI=1S/C22H25N5O5/c1-14-3-5-15(6-4-14)21(30)26-20-19(23-9-10-24-20)22(31)25-16-7-11-27(12-8-16)17(28)13-18(29)32-2/h3-6,9-10,16H,7-8,11-13H2,1-2H3,(H,25,31)(H,24,26,30). The minimum atomic E-state index is -0.576. The molecule has 1 aliphatic heterocycles. The fourth-order valence-corrected chi connectivity index (χ4v) is 3.31. The minimum Gasteiger partial charge on any atom is -0.469 e. The zero-order valence-corrected chi connectivity index (χ0v) is 18.0. The van der Waals surface area contributed by atoms with Crippen LogP contribution in [-0.2, 0) is 14.3 Å². The van der Waals surface area contributed by atoms with Crippen molar-refractivity contribution in [3.8, 4) is 0 Å². The van der Waals surface area contributed by atoms with Crippen LogP contribution in [0.4, 0.5) is 5.82 Å². The molecule has 1 aromatic carbocycles. The average molecular weight is 439 g/mol. The van der Waals surface area contributed by atoms with Crippen molar-refractivity contribution in [2.24, 2.45) is 0 Å². The Bertz CT molecular complexity index is 1000. The number of benzene rings is 1. The summed E-state index contributed by atoms with van der Waals surface area (Å²) < 4.78 is 4.52. The van der Waals surface area contributed by atoms with Crippen LogP contribution in [0.1, 0.15) is 45.7 Å². The first-order valence-corrected chi connectivity index (χ1v) is 10.2. The van der Waals surface area contributed by atoms with Gasteiger partial charge in [0.2, 0.25) is 5.91 Å². The zero-order valence-electron chi connectivity index (χ0n) is 18.0. The van der Waals surface area contributed by atoms with Crippen LogP contribution >= 0.6 is 0 Å². The number of aryl methyl sites for hydroxylation is 1. The molecule has 10 nitrogen and oxygen atoms in total. The van der Waals surface area contributed by atoms with Crippen LogP contribution in [0.15, 0.2) is 36.7 Å². The predicted octanol–water partition coefficient (Wildman–Crippen LogP) is 1.32. The van der Waals surface area contributed by atoms with E-state index >= 15 is 0 Å². The van der Waals surface area contributed by atoms with Crippen LogP contribution in [0.25, 0.3) is 0 Å². The molecule has 0 unspecified atom stereocenters. The van der Waals surface area contributed by atoms with Gasteiger partial charge in [0.25, 0.3) is 11.8 Å². The number of nitrogens with zero attached hydrogens (tertiary/aromatic N) is 3. The largest absolute Gasteiger partial charge is 0.469 e. The number of ether oxygens (including phenoxy) is 1. The third-order valence-corrected chi connectivity index (χ3v) is 5.17. The van der Waals surface area contributed by atoms with Crippen molar-refractivity contribution in [1.82, 2.24) is 20.2 Å². The summed E-state index contributed by atoms with van der Waals surface area (Å²) in [5.41, 5.74) is 1.48. The first-order valence-electron chi connectivity index (χ1n) is 10.2. The number of hydrogen-bond donors (Lipinski definition) is 2. The van der Waals surface area contributed by atoms with Gasteiger partial charge >= 0.3 is 5.97 Å². The van der Waals surface area contributed by atoms with Crippen molar-refractivity contribution in [1.29, 1.82) is 0 Å². The van der Waals surface area contributed by atoms with Gasteiger partial charge < -0.3 is 20.3 Å². The molecule has 0 atom stereocenters. The van der Waals surface area contributed by atoms with E-state index in [1.165, 1.54) is 19.5 Å². The van der Waals surface area contributed by atoms with Crippen LogP contribution in [0.3, 0.4) is 0 Å². The van der Waals surface area contributed by atoms with Gasteiger partial charge in [-0.3, -0.25) is 19.2 Å². The Labute approximate surface area is 185 Å². The number of aromatic nitrogens is 2. The summed E-state index contributed by atoms with van der Waals surface area (Å²) in [5, 5.41) is 5.53. The molecule has 2 N–H and O–H groups in total. The van der Waals surface area contributed by atoms with Gasteiger partial charge in [0, 0.05) is 37.1 Å². The summed E-state index contributed by atoms with van der Waals surface area (Å²) in [5.74, 6) is -1.65. The van der Waals surface area contributed by atoms with Crippen molar-refractivity contribution in [3.63, 3.8) is 0 Å². The number of likely N-dealkylation sites (tertiary alicyclic amines) is 1. The van der Waals surface area contributed by atoms with E-state index in [-0.39, 0.29) is 29.9 Å². The number of amides is 3. The number of esters is 1. The van der Waals surface area contributed by atoms with Crippen LogP contribution in [0.2, 0.25) is 0 Å². The quantitative estimate of drug-likeness (QED) is 0.513. The normalized spacial score (nSPS) is 13.9. The maximum absolute atomic E-state index is 12.8. The first kappa shape index (κ1) is 22.9. The van der Waals surface area contributed by atoms with E-state index in [9.17, 15) is 19.2 Å². The second-order valence-corrected chi connectivity index (χ2v) is 7.46. The van der Waals surface area contributed by atoms with Crippen LogP contribution < -0.4 is 10.6 Å². The molecular formula is C22H25N5O5. The van der Waals surface area contributed by atoms with Gasteiger partial charge in [-0.15, -0.1) is 0 Å². The molecule has 1 aliphatic rings. The first-order chi connectivity index (χ1) is 15.4. The van der Waals surface area contributed by atoms with Crippen molar-refractivity contribution >= 4 is 29.5 Å². The molecule has 1 aromatic heterocycles. The molecule has 0 bridgehead atoms. The van der Waals surface area contributed by atoms with E-state index in [0.29, 0.717) is 31.5 Å². The Hall–Kier alpha value is -3.82. The van der Waals surface area contributed by atoms with Crippen molar-refractivity contribution in [2.75, 3.05) is 25.5 Å². The van der Waals surface area contributed by atoms with Gasteiger partial charge in [-0.1, -0.05) is 17.7 Å². The molecule has 0 spiro atoms. The minimum absolute atomic E-state index is 0.0113. The number of carbonyl (C=O) groups is 4. The van der Waals surface area contributed by atoms with E-state index < -0.39 is 17.8 Å². The molecule has 3 rings (SSSR count). The predicted molar refractivity (Wildman–Crippen MR) is 115 cm³/mol. The summed E-state index contributed by atoms with van der Waals surface area (Å²) in [4.78, 5) is 58.4. The second kappa shape index (κ2) is 10.5. The Morgan fingerprint density at radius 3 is 2.34 bits per heavy atom. The maximum Gasteiger partial charge on any atom is 0.315 e. The van der Waals surface area contributed by atoms with Crippen LogP contribution in [0, 0.1) is 6.92 Å². The number of nitrogens with one attached hydrogen (secondary N) is 2. The van der Waals surface area contributed by atoms with Gasteiger partial charge in [-0.25, -0.2) is 9.97 Å². The van der Waals surface area contributed by atoms with Crippen LogP contribution in [-0.4, -0.2) is 64.8 Å². The van der Waals surface area contributed by atoms with Crippen molar-refractivity contribution < 1.29 is 23.9 Å². The number of hydrogen-bond acceptors (Lipinski definition) is 7. The number of anilines is 1. The lowest BCUT2D eigenvalue weighted by Gasteiger charge is -2.32. The number of carbonyl (C=O) groups excluding carboxylic acids is 4. The third-order valence-electron chi connectivity index (χ3n) is 5.17. The topological polar surface area (TPSA) is 131 Å². The van der Waals surface area contributed by atoms with Gasteiger partial charge in [-0.05, 0) is 31.9 Å². The summed E-state index contributed by atoms with van der Waals surface area (Å²) >= 11 is 0. The van der Waals surface area contributed by atoms with E-state index in [4.69, 9.17) is 0 Å². The molecule has 1 fully saturated rings. The lowest BCUT2D eigenvalue weighted by Crippen LogP contribution is -2.47. The third kappa shape index (κ3) is 5.87. The molecule has 0 radical (unpaired) electrons. The van der Waals surface area contributed by atoms with Crippen molar-refractivity contribution in [3.05, 3.63) is 53.5 Å². The summed E-state index contributed by atoms with van der Waals surface area (Å²) in [7, 11) is 1.24. The molecule has 2 heterocycles. The molecular weight excluding hydrogens is 414 g/mol. The van der Waals surface area contributed by atoms with E-state index in [1.807, 2.05) is 19.1 Å². The highest BCUT2D eigenvalue weighted by atomic mass is 16.5. The van der Waals surface area contributed by atoms with Gasteiger partial charge in [0.05, 0.1) is 7.11 Å². The van der Waals surface area contributed by atoms with E-state index in [0.717, 1.165) is 5.56 Å². The van der Waals surface area contributed by atoms with Gasteiger partial charge in [0.15, 0.2) is 11.5 Å². The monoisotopic (exact) mass is 439 g/mol. The van der Waals surface area contributed by atoms with Crippen molar-refractivity contribution in [2.45, 2.75) is 32.2 Å². The van der Waals surface area contributed by atoms with E-state index in [1.54, 1.807) is 17.0 Å². The Kier molecular flexibility index (Phi) is 7.48. The summed E-state index contributed by atoms with van der Waals surface area (Å²) in [6.45, 7) is 2.75. The molecule has 1 saturated heterocycles. The highest BCUT2D eigenvalue weighted by Crippen LogP contribution is 2.15. The highest BCUT2D eigenvalue weighted by molar-refractivity contribution is 6.07. The second-order valence-electron chi connectivity index (χ2n) is 7.46. The molecule has 32 heavy (non-hydrogen) atoms. The maximum atomic E-state index is 12.8. The van der Waals surface area contributed by atoms with Crippen LogP contribution in [0.5, 0.6) is 0 Å². The molecule has 168 valence electrons. The van der Waals surface area contributed by atoms with Gasteiger partial charge in [0.1, 0.15) is 6.42 Å². The SMILES string of the molecule is COC(=O)CC(=O)N1CCC(NC(=O)c2nccnc2NC(=O)c2ccc(C)cc2)CC1. The Morgan fingerprint density at radius 1 is 1.03 bits per heavy atom. The lowest BCUT2D eigenvalue weighted by molar-refractivity contribution is -0.147. The summed E-state index contributed by atoms with van der Waals surface area (Å²) in [6, 6.07) is 6.85. The lowest BCUT2D eigenvalue weighted by atomic mass is 10.0. The fraction of sp³-hybridized carbons (Fsp3) is 0.364. The molecule has 10 heteroatoms. The zero-order chi connectivity index (χ0) is 23.1. The highest BCUT2D eigenvalue weighted by Gasteiger charge is 2.27. The number of piperidine rings is 1. The van der Waals surface area contributed by atoms with E-state index in [2.05, 4.69) is 25.3 Å².